The molecule has 1 aliphatic rings. The van der Waals surface area contributed by atoms with Crippen LogP contribution in [0, 0.1) is 5.82 Å². The Kier molecular flexibility index (Phi) is 3.56. The molecule has 0 fully saturated rings. The number of nitrogens with zero attached hydrogens (tertiary/aromatic N) is 1. The molecule has 5 heteroatoms. The number of benzene rings is 1. The Bertz CT molecular complexity index is 687. The molecule has 1 unspecified atom stereocenters. The van der Waals surface area contributed by atoms with E-state index in [0.717, 1.165) is 25.0 Å². The van der Waals surface area contributed by atoms with Crippen molar-refractivity contribution in [3.05, 3.63) is 59.2 Å². The van der Waals surface area contributed by atoms with E-state index >= 15 is 0 Å². The molecule has 0 saturated heterocycles. The van der Waals surface area contributed by atoms with Crippen LogP contribution in [0.15, 0.2) is 36.5 Å². The predicted molar refractivity (Wildman–Crippen MR) is 78.5 cm³/mol. The van der Waals surface area contributed by atoms with Crippen LogP contribution >= 0.6 is 0 Å². The minimum atomic E-state index is -0.569. The maximum absolute atomic E-state index is 13.9. The average Bonchev–Trinajstić information content (AvgIpc) is 2.49. The summed E-state index contributed by atoms with van der Waals surface area (Å²) in [6.07, 6.45) is 4.64. The zero-order valence-corrected chi connectivity index (χ0v) is 11.5. The van der Waals surface area contributed by atoms with Gasteiger partial charge in [-0.15, -0.1) is 0 Å². The fourth-order valence-corrected chi connectivity index (χ4v) is 2.73. The summed E-state index contributed by atoms with van der Waals surface area (Å²) in [4.78, 5) is 15.6. The molecule has 0 aliphatic heterocycles. The number of pyridine rings is 1. The van der Waals surface area contributed by atoms with Gasteiger partial charge in [0, 0.05) is 11.8 Å². The summed E-state index contributed by atoms with van der Waals surface area (Å²) in [6.45, 7) is 0. The van der Waals surface area contributed by atoms with Crippen LogP contribution in [0.1, 0.15) is 40.5 Å². The molecule has 0 radical (unpaired) electrons. The van der Waals surface area contributed by atoms with E-state index in [9.17, 15) is 9.18 Å². The Labute approximate surface area is 122 Å². The molecule has 21 heavy (non-hydrogen) atoms. The first kappa shape index (κ1) is 13.5. The second-order valence-electron chi connectivity index (χ2n) is 5.20. The summed E-state index contributed by atoms with van der Waals surface area (Å²) >= 11 is 0. The Hall–Kier alpha value is -2.43. The molecule has 0 bridgehead atoms. The number of aromatic nitrogens is 1. The molecule has 0 spiro atoms. The summed E-state index contributed by atoms with van der Waals surface area (Å²) < 4.78 is 13.9. The Morgan fingerprint density at radius 1 is 1.38 bits per heavy atom. The maximum Gasteiger partial charge on any atom is 0.248 e. The quantitative estimate of drug-likeness (QED) is 0.911. The monoisotopic (exact) mass is 285 g/mol. The van der Waals surface area contributed by atoms with Gasteiger partial charge in [0.2, 0.25) is 5.91 Å². The van der Waals surface area contributed by atoms with E-state index in [1.165, 1.54) is 23.8 Å². The molecule has 1 aromatic heterocycles. The summed E-state index contributed by atoms with van der Waals surface area (Å²) in [5, 5.41) is 3.16. The number of hydrogen-bond acceptors (Lipinski definition) is 3. The molecule has 1 aliphatic carbocycles. The lowest BCUT2D eigenvalue weighted by molar-refractivity contribution is 0.100. The number of primary amides is 1. The minimum absolute atomic E-state index is 0.0485. The van der Waals surface area contributed by atoms with Crippen LogP contribution < -0.4 is 11.1 Å². The number of hydrogen-bond donors (Lipinski definition) is 2. The molecule has 2 aromatic rings. The molecule has 1 amide bonds. The van der Waals surface area contributed by atoms with Crippen LogP contribution in [-0.4, -0.2) is 10.9 Å². The van der Waals surface area contributed by atoms with Crippen molar-refractivity contribution < 1.29 is 9.18 Å². The standard InChI is InChI=1S/C16H16FN3O/c17-12-7-6-11(16(18)21)9-14(12)20-13-5-1-3-10-4-2-8-19-15(10)13/h2,4,6-9,13,20H,1,3,5H2,(H2,18,21). The first-order valence-corrected chi connectivity index (χ1v) is 6.95. The predicted octanol–water partition coefficient (Wildman–Crippen LogP) is 2.81. The normalized spacial score (nSPS) is 17.1. The first-order valence-electron chi connectivity index (χ1n) is 6.95. The topological polar surface area (TPSA) is 68.0 Å². The lowest BCUT2D eigenvalue weighted by Crippen LogP contribution is -2.20. The van der Waals surface area contributed by atoms with Crippen molar-refractivity contribution in [2.75, 3.05) is 5.32 Å². The Balaban J connectivity index is 1.91. The van der Waals surface area contributed by atoms with Crippen molar-refractivity contribution in [3.8, 4) is 0 Å². The summed E-state index contributed by atoms with van der Waals surface area (Å²) in [7, 11) is 0. The van der Waals surface area contributed by atoms with Crippen molar-refractivity contribution in [3.63, 3.8) is 0 Å². The van der Waals surface area contributed by atoms with Crippen LogP contribution in [-0.2, 0) is 6.42 Å². The van der Waals surface area contributed by atoms with E-state index in [4.69, 9.17) is 5.73 Å². The van der Waals surface area contributed by atoms with Crippen molar-refractivity contribution in [2.24, 2.45) is 5.73 Å². The third kappa shape index (κ3) is 2.72. The van der Waals surface area contributed by atoms with Gasteiger partial charge in [0.15, 0.2) is 0 Å². The fraction of sp³-hybridized carbons (Fsp3) is 0.250. The fourth-order valence-electron chi connectivity index (χ4n) is 2.73. The number of amides is 1. The van der Waals surface area contributed by atoms with Gasteiger partial charge in [0.25, 0.3) is 0 Å². The highest BCUT2D eigenvalue weighted by Crippen LogP contribution is 2.31. The molecule has 3 N–H and O–H groups in total. The van der Waals surface area contributed by atoms with Crippen molar-refractivity contribution in [2.45, 2.75) is 25.3 Å². The van der Waals surface area contributed by atoms with Crippen LogP contribution in [0.3, 0.4) is 0 Å². The number of halogens is 1. The van der Waals surface area contributed by atoms with Crippen LogP contribution in [0.5, 0.6) is 0 Å². The highest BCUT2D eigenvalue weighted by atomic mass is 19.1. The summed E-state index contributed by atoms with van der Waals surface area (Å²) in [5.41, 5.74) is 7.95. The molecule has 1 atom stereocenters. The van der Waals surface area contributed by atoms with Gasteiger partial charge >= 0.3 is 0 Å². The van der Waals surface area contributed by atoms with Gasteiger partial charge in [-0.05, 0) is 49.1 Å². The molecular weight excluding hydrogens is 269 g/mol. The number of nitrogens with two attached hydrogens (primary N) is 1. The van der Waals surface area contributed by atoms with Gasteiger partial charge in [-0.2, -0.15) is 0 Å². The van der Waals surface area contributed by atoms with Gasteiger partial charge in [-0.1, -0.05) is 6.07 Å². The summed E-state index contributed by atoms with van der Waals surface area (Å²) in [5.74, 6) is -0.969. The molecular formula is C16H16FN3O. The van der Waals surface area contributed by atoms with Crippen molar-refractivity contribution >= 4 is 11.6 Å². The minimum Gasteiger partial charge on any atom is -0.374 e. The van der Waals surface area contributed by atoms with Crippen LogP contribution in [0.25, 0.3) is 0 Å². The zero-order chi connectivity index (χ0) is 14.8. The Morgan fingerprint density at radius 3 is 3.05 bits per heavy atom. The molecule has 1 heterocycles. The average molecular weight is 285 g/mol. The van der Waals surface area contributed by atoms with Gasteiger partial charge < -0.3 is 11.1 Å². The Morgan fingerprint density at radius 2 is 2.24 bits per heavy atom. The van der Waals surface area contributed by atoms with E-state index in [1.807, 2.05) is 12.1 Å². The smallest absolute Gasteiger partial charge is 0.248 e. The maximum atomic E-state index is 13.9. The number of fused-ring (bicyclic) bond motifs is 1. The SMILES string of the molecule is NC(=O)c1ccc(F)c(NC2CCCc3cccnc32)c1. The molecule has 0 saturated carbocycles. The largest absolute Gasteiger partial charge is 0.374 e. The number of carbonyl (C=O) groups is 1. The van der Waals surface area contributed by atoms with Gasteiger partial charge in [0.05, 0.1) is 17.4 Å². The van der Waals surface area contributed by atoms with Crippen LogP contribution in [0.2, 0.25) is 0 Å². The zero-order valence-electron chi connectivity index (χ0n) is 11.5. The van der Waals surface area contributed by atoms with Crippen molar-refractivity contribution in [1.82, 2.24) is 4.98 Å². The number of rotatable bonds is 3. The lowest BCUT2D eigenvalue weighted by Gasteiger charge is -2.26. The number of anilines is 1. The van der Waals surface area contributed by atoms with E-state index in [-0.39, 0.29) is 17.3 Å². The van der Waals surface area contributed by atoms with E-state index in [0.29, 0.717) is 0 Å². The van der Waals surface area contributed by atoms with E-state index < -0.39 is 11.7 Å². The number of carbonyl (C=O) groups excluding carboxylic acids is 1. The van der Waals surface area contributed by atoms with Crippen LogP contribution in [0.4, 0.5) is 10.1 Å². The van der Waals surface area contributed by atoms with E-state index in [1.54, 1.807) is 6.20 Å². The highest BCUT2D eigenvalue weighted by molar-refractivity contribution is 5.93. The van der Waals surface area contributed by atoms with Gasteiger partial charge in [0.1, 0.15) is 5.82 Å². The highest BCUT2D eigenvalue weighted by Gasteiger charge is 2.22. The number of nitrogens with one attached hydrogen (secondary N) is 1. The molecule has 1 aromatic carbocycles. The molecule has 4 nitrogen and oxygen atoms in total. The second kappa shape index (κ2) is 5.52. The lowest BCUT2D eigenvalue weighted by atomic mass is 9.91. The van der Waals surface area contributed by atoms with E-state index in [2.05, 4.69) is 10.3 Å². The first-order chi connectivity index (χ1) is 10.1. The third-order valence-electron chi connectivity index (χ3n) is 3.78. The molecule has 3 rings (SSSR count). The second-order valence-corrected chi connectivity index (χ2v) is 5.20. The summed E-state index contributed by atoms with van der Waals surface area (Å²) in [6, 6.07) is 8.00. The molecule has 108 valence electrons. The third-order valence-corrected chi connectivity index (χ3v) is 3.78. The van der Waals surface area contributed by atoms with Gasteiger partial charge in [-0.25, -0.2) is 4.39 Å². The van der Waals surface area contributed by atoms with Crippen molar-refractivity contribution in [1.29, 1.82) is 0 Å². The van der Waals surface area contributed by atoms with Gasteiger partial charge in [-0.3, -0.25) is 9.78 Å². The number of aryl methyl sites for hydroxylation is 1.